The van der Waals surface area contributed by atoms with E-state index in [-0.39, 0.29) is 10.6 Å². The first kappa shape index (κ1) is 15.5. The van der Waals surface area contributed by atoms with Gasteiger partial charge in [-0.25, -0.2) is 4.39 Å². The molecule has 0 fully saturated rings. The van der Waals surface area contributed by atoms with E-state index < -0.39 is 0 Å². The summed E-state index contributed by atoms with van der Waals surface area (Å²) in [6.07, 6.45) is 4.70. The molecule has 3 heteroatoms. The Balaban J connectivity index is 2.81. The van der Waals surface area contributed by atoms with E-state index >= 15 is 0 Å². The average molecular weight is 317 g/mol. The first-order valence-corrected chi connectivity index (χ1v) is 7.53. The van der Waals surface area contributed by atoms with Crippen LogP contribution in [0.25, 0.3) is 0 Å². The second-order valence-electron chi connectivity index (χ2n) is 4.61. The molecule has 0 saturated carbocycles. The zero-order valence-electron chi connectivity index (χ0n) is 11.4. The molecule has 1 nitrogen and oxygen atoms in total. The van der Waals surface area contributed by atoms with Gasteiger partial charge in [0.05, 0.1) is 7.11 Å². The molecule has 0 radical (unpaired) electrons. The molecule has 1 aromatic carbocycles. The van der Waals surface area contributed by atoms with Crippen molar-refractivity contribution in [3.05, 3.63) is 29.6 Å². The normalized spacial score (nSPS) is 14.3. The van der Waals surface area contributed by atoms with Crippen LogP contribution < -0.4 is 4.74 Å². The second-order valence-corrected chi connectivity index (χ2v) is 5.59. The number of rotatable bonds is 7. The minimum atomic E-state index is -0.287. The van der Waals surface area contributed by atoms with E-state index in [4.69, 9.17) is 4.74 Å². The van der Waals surface area contributed by atoms with Gasteiger partial charge in [0.15, 0.2) is 11.6 Å². The molecule has 0 aliphatic heterocycles. The molecule has 0 amide bonds. The molecule has 0 heterocycles. The molecule has 0 N–H and O–H groups in total. The summed E-state index contributed by atoms with van der Waals surface area (Å²) in [6.45, 7) is 4.39. The molecule has 0 spiro atoms. The fourth-order valence-corrected chi connectivity index (χ4v) is 3.07. The molecule has 102 valence electrons. The van der Waals surface area contributed by atoms with Crippen LogP contribution in [-0.4, -0.2) is 7.11 Å². The van der Waals surface area contributed by atoms with Crippen molar-refractivity contribution in [3.63, 3.8) is 0 Å². The summed E-state index contributed by atoms with van der Waals surface area (Å²) in [5.41, 5.74) is 0.997. The van der Waals surface area contributed by atoms with Crippen molar-refractivity contribution in [2.24, 2.45) is 5.92 Å². The molecular formula is C15H22BrFO. The van der Waals surface area contributed by atoms with E-state index in [0.29, 0.717) is 11.7 Å². The van der Waals surface area contributed by atoms with Crippen molar-refractivity contribution in [2.75, 3.05) is 7.11 Å². The van der Waals surface area contributed by atoms with E-state index in [2.05, 4.69) is 29.8 Å². The zero-order valence-corrected chi connectivity index (χ0v) is 13.0. The molecule has 1 aromatic rings. The van der Waals surface area contributed by atoms with Gasteiger partial charge in [0, 0.05) is 4.83 Å². The molecule has 2 unspecified atom stereocenters. The molecule has 0 saturated heterocycles. The van der Waals surface area contributed by atoms with Crippen molar-refractivity contribution in [1.82, 2.24) is 0 Å². The molecule has 0 aliphatic rings. The Morgan fingerprint density at radius 2 is 2.06 bits per heavy atom. The van der Waals surface area contributed by atoms with Crippen molar-refractivity contribution in [1.29, 1.82) is 0 Å². The van der Waals surface area contributed by atoms with Crippen LogP contribution in [0.15, 0.2) is 18.2 Å². The summed E-state index contributed by atoms with van der Waals surface area (Å²) in [6, 6.07) is 5.22. The van der Waals surface area contributed by atoms with Gasteiger partial charge in [-0.05, 0) is 30.0 Å². The molecule has 1 rings (SSSR count). The Kier molecular flexibility index (Phi) is 6.69. The standard InChI is InChI=1S/C15H22BrFO/c1-4-6-7-11(5-2)15(16)12-8-9-14(18-3)13(17)10-12/h8-11,15H,4-7H2,1-3H3. The van der Waals surface area contributed by atoms with Crippen LogP contribution in [0, 0.1) is 11.7 Å². The fourth-order valence-electron chi connectivity index (χ4n) is 2.15. The lowest BCUT2D eigenvalue weighted by molar-refractivity contribution is 0.385. The van der Waals surface area contributed by atoms with Crippen molar-refractivity contribution < 1.29 is 9.13 Å². The van der Waals surface area contributed by atoms with Crippen LogP contribution >= 0.6 is 15.9 Å². The van der Waals surface area contributed by atoms with Crippen molar-refractivity contribution >= 4 is 15.9 Å². The lowest BCUT2D eigenvalue weighted by Crippen LogP contribution is -2.07. The maximum absolute atomic E-state index is 13.7. The maximum Gasteiger partial charge on any atom is 0.165 e. The van der Waals surface area contributed by atoms with Gasteiger partial charge in [-0.1, -0.05) is 55.1 Å². The highest BCUT2D eigenvalue weighted by Gasteiger charge is 2.19. The molecule has 0 aromatic heterocycles. The van der Waals surface area contributed by atoms with Crippen LogP contribution in [0.3, 0.4) is 0 Å². The van der Waals surface area contributed by atoms with Crippen LogP contribution in [-0.2, 0) is 0 Å². The summed E-state index contributed by atoms with van der Waals surface area (Å²) in [4.78, 5) is 0.217. The van der Waals surface area contributed by atoms with Crippen LogP contribution in [0.2, 0.25) is 0 Å². The number of alkyl halides is 1. The lowest BCUT2D eigenvalue weighted by atomic mass is 9.92. The van der Waals surface area contributed by atoms with Gasteiger partial charge >= 0.3 is 0 Å². The van der Waals surface area contributed by atoms with Gasteiger partial charge in [-0.15, -0.1) is 0 Å². The van der Waals surface area contributed by atoms with Gasteiger partial charge < -0.3 is 4.74 Å². The molecule has 18 heavy (non-hydrogen) atoms. The Morgan fingerprint density at radius 3 is 2.56 bits per heavy atom. The molecular weight excluding hydrogens is 295 g/mol. The van der Waals surface area contributed by atoms with Crippen LogP contribution in [0.4, 0.5) is 4.39 Å². The van der Waals surface area contributed by atoms with Crippen molar-refractivity contribution in [2.45, 2.75) is 44.4 Å². The van der Waals surface area contributed by atoms with E-state index in [1.807, 2.05) is 6.07 Å². The van der Waals surface area contributed by atoms with Crippen LogP contribution in [0.5, 0.6) is 5.75 Å². The topological polar surface area (TPSA) is 9.23 Å². The summed E-state index contributed by atoms with van der Waals surface area (Å²) < 4.78 is 18.6. The number of ether oxygens (including phenoxy) is 1. The highest BCUT2D eigenvalue weighted by atomic mass is 79.9. The van der Waals surface area contributed by atoms with E-state index in [0.717, 1.165) is 12.0 Å². The number of hydrogen-bond donors (Lipinski definition) is 0. The lowest BCUT2D eigenvalue weighted by Gasteiger charge is -2.21. The number of halogens is 2. The van der Waals surface area contributed by atoms with Gasteiger partial charge in [-0.2, -0.15) is 0 Å². The summed E-state index contributed by atoms with van der Waals surface area (Å²) in [5, 5.41) is 0. The van der Waals surface area contributed by atoms with Crippen molar-refractivity contribution in [3.8, 4) is 5.75 Å². The third-order valence-corrected chi connectivity index (χ3v) is 4.64. The molecule has 0 aliphatic carbocycles. The Hall–Kier alpha value is -0.570. The average Bonchev–Trinajstić information content (AvgIpc) is 2.39. The number of hydrogen-bond acceptors (Lipinski definition) is 1. The summed E-state index contributed by atoms with van der Waals surface area (Å²) in [7, 11) is 1.49. The smallest absolute Gasteiger partial charge is 0.165 e. The molecule has 0 bridgehead atoms. The number of unbranched alkanes of at least 4 members (excludes halogenated alkanes) is 1. The predicted octanol–water partition coefficient (Wildman–Crippen LogP) is 5.49. The first-order valence-electron chi connectivity index (χ1n) is 6.61. The quantitative estimate of drug-likeness (QED) is 0.605. The van der Waals surface area contributed by atoms with E-state index in [9.17, 15) is 4.39 Å². The first-order chi connectivity index (χ1) is 8.63. The number of benzene rings is 1. The highest BCUT2D eigenvalue weighted by Crippen LogP contribution is 2.37. The van der Waals surface area contributed by atoms with Gasteiger partial charge in [0.2, 0.25) is 0 Å². The Morgan fingerprint density at radius 1 is 1.33 bits per heavy atom. The van der Waals surface area contributed by atoms with Gasteiger partial charge in [0.25, 0.3) is 0 Å². The predicted molar refractivity (Wildman–Crippen MR) is 77.9 cm³/mol. The van der Waals surface area contributed by atoms with E-state index in [1.165, 1.54) is 26.4 Å². The second kappa shape index (κ2) is 7.78. The monoisotopic (exact) mass is 316 g/mol. The maximum atomic E-state index is 13.7. The SMILES string of the molecule is CCCCC(CC)C(Br)c1ccc(OC)c(F)c1. The molecule has 2 atom stereocenters. The summed E-state index contributed by atoms with van der Waals surface area (Å²) >= 11 is 3.72. The third kappa shape index (κ3) is 3.98. The van der Waals surface area contributed by atoms with Gasteiger partial charge in [-0.3, -0.25) is 0 Å². The number of methoxy groups -OCH3 is 1. The largest absolute Gasteiger partial charge is 0.494 e. The third-order valence-electron chi connectivity index (χ3n) is 3.36. The fraction of sp³-hybridized carbons (Fsp3) is 0.600. The van der Waals surface area contributed by atoms with Crippen LogP contribution in [0.1, 0.15) is 49.9 Å². The Bertz CT molecular complexity index is 368. The highest BCUT2D eigenvalue weighted by molar-refractivity contribution is 9.09. The minimum Gasteiger partial charge on any atom is -0.494 e. The Labute approximate surface area is 118 Å². The van der Waals surface area contributed by atoms with Gasteiger partial charge in [0.1, 0.15) is 0 Å². The minimum absolute atomic E-state index is 0.217. The summed E-state index contributed by atoms with van der Waals surface area (Å²) in [5.74, 6) is 0.572. The zero-order chi connectivity index (χ0) is 13.5. The van der Waals surface area contributed by atoms with E-state index in [1.54, 1.807) is 12.1 Å².